The molecule has 1 atom stereocenters. The zero-order chi connectivity index (χ0) is 17.9. The molecule has 0 saturated carbocycles. The molecule has 1 saturated heterocycles. The van der Waals surface area contributed by atoms with E-state index in [1.165, 1.54) is 15.6 Å². The van der Waals surface area contributed by atoms with E-state index in [1.54, 1.807) is 18.4 Å². The van der Waals surface area contributed by atoms with Crippen molar-refractivity contribution in [3.8, 4) is 0 Å². The molecule has 0 radical (unpaired) electrons. The summed E-state index contributed by atoms with van der Waals surface area (Å²) in [6, 6.07) is 6.99. The molecule has 2 aromatic rings. The number of nitrogens with zero attached hydrogens (tertiary/aromatic N) is 1. The van der Waals surface area contributed by atoms with Crippen LogP contribution in [0.25, 0.3) is 0 Å². The van der Waals surface area contributed by atoms with Gasteiger partial charge < -0.3 is 9.73 Å². The highest BCUT2D eigenvalue weighted by molar-refractivity contribution is 9.11. The van der Waals surface area contributed by atoms with E-state index >= 15 is 0 Å². The molecular formula is C16H19BrN2O4S2. The lowest BCUT2D eigenvalue weighted by molar-refractivity contribution is -0.126. The van der Waals surface area contributed by atoms with E-state index in [4.69, 9.17) is 4.42 Å². The Balaban J connectivity index is 1.57. The molecule has 1 amide bonds. The van der Waals surface area contributed by atoms with Crippen molar-refractivity contribution < 1.29 is 17.6 Å². The van der Waals surface area contributed by atoms with Gasteiger partial charge in [-0.25, -0.2) is 8.42 Å². The van der Waals surface area contributed by atoms with Crippen molar-refractivity contribution in [2.45, 2.75) is 23.5 Å². The van der Waals surface area contributed by atoms with Crippen LogP contribution in [0.5, 0.6) is 0 Å². The monoisotopic (exact) mass is 446 g/mol. The van der Waals surface area contributed by atoms with Crippen LogP contribution >= 0.6 is 27.3 Å². The number of carbonyl (C=O) groups excluding carboxylic acids is 1. The van der Waals surface area contributed by atoms with Crippen LogP contribution in [0.2, 0.25) is 0 Å². The van der Waals surface area contributed by atoms with Gasteiger partial charge in [0.25, 0.3) is 10.0 Å². The van der Waals surface area contributed by atoms with Crippen molar-refractivity contribution >= 4 is 43.2 Å². The maximum absolute atomic E-state index is 12.7. The first kappa shape index (κ1) is 18.6. The Morgan fingerprint density at radius 3 is 2.92 bits per heavy atom. The number of halogens is 1. The maximum atomic E-state index is 12.7. The molecule has 6 nitrogen and oxygen atoms in total. The Bertz CT molecular complexity index is 817. The summed E-state index contributed by atoms with van der Waals surface area (Å²) in [6.07, 6.45) is 3.61. The summed E-state index contributed by atoms with van der Waals surface area (Å²) >= 11 is 4.48. The second-order valence-electron chi connectivity index (χ2n) is 5.88. The van der Waals surface area contributed by atoms with Crippen LogP contribution in [-0.4, -0.2) is 38.3 Å². The number of piperidine rings is 1. The van der Waals surface area contributed by atoms with E-state index in [1.807, 2.05) is 12.1 Å². The highest BCUT2D eigenvalue weighted by Crippen LogP contribution is 2.30. The van der Waals surface area contributed by atoms with Crippen LogP contribution in [0.4, 0.5) is 0 Å². The number of furan rings is 1. The van der Waals surface area contributed by atoms with Crippen molar-refractivity contribution in [2.24, 2.45) is 5.92 Å². The van der Waals surface area contributed by atoms with Crippen molar-refractivity contribution in [2.75, 3.05) is 19.6 Å². The zero-order valence-corrected chi connectivity index (χ0v) is 16.7. The Labute approximate surface area is 159 Å². The summed E-state index contributed by atoms with van der Waals surface area (Å²) in [5.74, 6) is 0.402. The SMILES string of the molecule is O=C(NCCc1ccco1)C1CCCN(S(=O)(=O)c2ccc(Br)s2)C1. The third-order valence-electron chi connectivity index (χ3n) is 4.15. The van der Waals surface area contributed by atoms with Crippen LogP contribution in [0.3, 0.4) is 0 Å². The predicted molar refractivity (Wildman–Crippen MR) is 98.9 cm³/mol. The smallest absolute Gasteiger partial charge is 0.252 e. The molecule has 25 heavy (non-hydrogen) atoms. The van der Waals surface area contributed by atoms with Gasteiger partial charge in [-0.05, 0) is 53.0 Å². The van der Waals surface area contributed by atoms with Gasteiger partial charge in [-0.2, -0.15) is 4.31 Å². The normalized spacial score (nSPS) is 19.0. The lowest BCUT2D eigenvalue weighted by Crippen LogP contribution is -2.45. The third-order valence-corrected chi connectivity index (χ3v) is 8.10. The first-order chi connectivity index (χ1) is 12.0. The van der Waals surface area contributed by atoms with E-state index in [2.05, 4.69) is 21.2 Å². The lowest BCUT2D eigenvalue weighted by Gasteiger charge is -2.30. The summed E-state index contributed by atoms with van der Waals surface area (Å²) in [7, 11) is -3.54. The maximum Gasteiger partial charge on any atom is 0.252 e. The average molecular weight is 447 g/mol. The van der Waals surface area contributed by atoms with Gasteiger partial charge >= 0.3 is 0 Å². The van der Waals surface area contributed by atoms with Crippen LogP contribution in [-0.2, 0) is 21.2 Å². The molecule has 1 fully saturated rings. The average Bonchev–Trinajstić information content (AvgIpc) is 3.27. The third kappa shape index (κ3) is 4.52. The second kappa shape index (κ2) is 8.03. The molecule has 0 aromatic carbocycles. The summed E-state index contributed by atoms with van der Waals surface area (Å²) in [4.78, 5) is 12.4. The number of hydrogen-bond acceptors (Lipinski definition) is 5. The van der Waals surface area contributed by atoms with Crippen molar-refractivity contribution in [1.29, 1.82) is 0 Å². The zero-order valence-electron chi connectivity index (χ0n) is 13.5. The minimum atomic E-state index is -3.54. The Morgan fingerprint density at radius 2 is 2.24 bits per heavy atom. The van der Waals surface area contributed by atoms with Crippen molar-refractivity contribution in [3.63, 3.8) is 0 Å². The second-order valence-corrected chi connectivity index (χ2v) is 10.5. The topological polar surface area (TPSA) is 79.6 Å². The highest BCUT2D eigenvalue weighted by Gasteiger charge is 2.33. The van der Waals surface area contributed by atoms with Gasteiger partial charge in [-0.1, -0.05) is 0 Å². The van der Waals surface area contributed by atoms with Gasteiger partial charge in [-0.15, -0.1) is 11.3 Å². The number of hydrogen-bond donors (Lipinski definition) is 1. The quantitative estimate of drug-likeness (QED) is 0.739. The summed E-state index contributed by atoms with van der Waals surface area (Å²) in [5, 5.41) is 2.88. The largest absolute Gasteiger partial charge is 0.469 e. The first-order valence-corrected chi connectivity index (χ1v) is 11.1. The van der Waals surface area contributed by atoms with Crippen LogP contribution in [0.1, 0.15) is 18.6 Å². The van der Waals surface area contributed by atoms with Gasteiger partial charge in [0.1, 0.15) is 9.97 Å². The fourth-order valence-electron chi connectivity index (χ4n) is 2.85. The predicted octanol–water partition coefficient (Wildman–Crippen LogP) is 2.86. The van der Waals surface area contributed by atoms with Gasteiger partial charge in [0.05, 0.1) is 16.0 Å². The number of carbonyl (C=O) groups is 1. The number of sulfonamides is 1. The summed E-state index contributed by atoms with van der Waals surface area (Å²) in [6.45, 7) is 1.16. The molecule has 1 aliphatic heterocycles. The van der Waals surface area contributed by atoms with Gasteiger partial charge in [0.2, 0.25) is 5.91 Å². The molecule has 136 valence electrons. The fraction of sp³-hybridized carbons (Fsp3) is 0.438. The molecule has 3 heterocycles. The van der Waals surface area contributed by atoms with Crippen LogP contribution in [0, 0.1) is 5.92 Å². The Hall–Kier alpha value is -1.16. The molecule has 2 aromatic heterocycles. The number of thiophene rings is 1. The highest BCUT2D eigenvalue weighted by atomic mass is 79.9. The summed E-state index contributed by atoms with van der Waals surface area (Å²) in [5.41, 5.74) is 0. The Morgan fingerprint density at radius 1 is 1.40 bits per heavy atom. The molecule has 0 spiro atoms. The van der Waals surface area contributed by atoms with E-state index in [9.17, 15) is 13.2 Å². The molecular weight excluding hydrogens is 428 g/mol. The number of amides is 1. The molecule has 1 aliphatic rings. The molecule has 1 N–H and O–H groups in total. The van der Waals surface area contributed by atoms with Gasteiger partial charge in [0, 0.05) is 26.1 Å². The minimum Gasteiger partial charge on any atom is -0.469 e. The molecule has 1 unspecified atom stereocenters. The number of rotatable bonds is 6. The van der Waals surface area contributed by atoms with E-state index in [0.717, 1.165) is 9.55 Å². The van der Waals surface area contributed by atoms with Gasteiger partial charge in [-0.3, -0.25) is 4.79 Å². The van der Waals surface area contributed by atoms with E-state index in [0.29, 0.717) is 36.6 Å². The Kier molecular flexibility index (Phi) is 5.98. The van der Waals surface area contributed by atoms with Crippen LogP contribution < -0.4 is 5.32 Å². The first-order valence-electron chi connectivity index (χ1n) is 8.02. The summed E-state index contributed by atoms with van der Waals surface area (Å²) < 4.78 is 33.2. The van der Waals surface area contributed by atoms with E-state index < -0.39 is 10.0 Å². The fourth-order valence-corrected chi connectivity index (χ4v) is 6.53. The van der Waals surface area contributed by atoms with Crippen LogP contribution in [0.15, 0.2) is 42.9 Å². The molecule has 0 aliphatic carbocycles. The van der Waals surface area contributed by atoms with Crippen molar-refractivity contribution in [3.05, 3.63) is 40.1 Å². The van der Waals surface area contributed by atoms with Crippen molar-refractivity contribution in [1.82, 2.24) is 9.62 Å². The van der Waals surface area contributed by atoms with Gasteiger partial charge in [0.15, 0.2) is 0 Å². The number of nitrogens with one attached hydrogen (secondary N) is 1. The molecule has 3 rings (SSSR count). The minimum absolute atomic E-state index is 0.0983. The van der Waals surface area contributed by atoms with E-state index in [-0.39, 0.29) is 18.4 Å². The molecule has 9 heteroatoms. The lowest BCUT2D eigenvalue weighted by atomic mass is 9.99. The standard InChI is InChI=1S/C16H19BrN2O4S2/c17-14-5-6-15(24-14)25(21,22)19-9-1-3-12(11-19)16(20)18-8-7-13-4-2-10-23-13/h2,4-6,10,12H,1,3,7-9,11H2,(H,18,20). The molecule has 0 bridgehead atoms.